The van der Waals surface area contributed by atoms with Crippen LogP contribution in [0.4, 0.5) is 30.2 Å². The van der Waals surface area contributed by atoms with Crippen LogP contribution in [0.5, 0.6) is 0 Å². The molecule has 0 aromatic heterocycles. The topological polar surface area (TPSA) is 67.2 Å². The first kappa shape index (κ1) is 15.1. The van der Waals surface area contributed by atoms with Crippen LogP contribution in [0.2, 0.25) is 0 Å². The van der Waals surface area contributed by atoms with Gasteiger partial charge in [0.2, 0.25) is 0 Å². The summed E-state index contributed by atoms with van der Waals surface area (Å²) < 4.78 is 36.0. The van der Waals surface area contributed by atoms with E-state index in [1.165, 1.54) is 18.2 Å². The molecule has 5 nitrogen and oxygen atoms in total. The number of nitro groups is 1. The van der Waals surface area contributed by atoms with Gasteiger partial charge in [0.25, 0.3) is 5.69 Å². The average molecular weight is 277 g/mol. The number of halogens is 3. The molecule has 0 aliphatic rings. The highest BCUT2D eigenvalue weighted by molar-refractivity contribution is 5.63. The van der Waals surface area contributed by atoms with Crippen molar-refractivity contribution in [3.63, 3.8) is 0 Å². The molecule has 0 heterocycles. The average Bonchev–Trinajstić information content (AvgIpc) is 2.27. The van der Waals surface area contributed by atoms with Crippen LogP contribution in [0.15, 0.2) is 18.2 Å². The molecule has 0 saturated carbocycles. The molecule has 2 N–H and O–H groups in total. The van der Waals surface area contributed by atoms with Gasteiger partial charge in [0.15, 0.2) is 0 Å². The van der Waals surface area contributed by atoms with Crippen molar-refractivity contribution in [1.29, 1.82) is 0 Å². The molecule has 0 saturated heterocycles. The summed E-state index contributed by atoms with van der Waals surface area (Å²) in [6, 6.07) is 4.07. The van der Waals surface area contributed by atoms with E-state index in [0.29, 0.717) is 12.2 Å². The zero-order valence-electron chi connectivity index (χ0n) is 10.3. The third-order valence-electron chi connectivity index (χ3n) is 2.25. The maximum absolute atomic E-state index is 12.0. The SMILES string of the molecule is CCNc1cc(NCCC(F)(F)F)cc([N+](=O)[O-])c1. The van der Waals surface area contributed by atoms with Crippen molar-refractivity contribution in [3.05, 3.63) is 28.3 Å². The van der Waals surface area contributed by atoms with Gasteiger partial charge < -0.3 is 10.6 Å². The predicted molar refractivity (Wildman–Crippen MR) is 66.4 cm³/mol. The van der Waals surface area contributed by atoms with Gasteiger partial charge in [-0.1, -0.05) is 0 Å². The Kier molecular flexibility index (Phi) is 4.96. The van der Waals surface area contributed by atoms with Gasteiger partial charge in [-0.25, -0.2) is 0 Å². The monoisotopic (exact) mass is 277 g/mol. The van der Waals surface area contributed by atoms with Crippen LogP contribution >= 0.6 is 0 Å². The normalized spacial score (nSPS) is 11.2. The number of nitrogens with one attached hydrogen (secondary N) is 2. The van der Waals surface area contributed by atoms with E-state index in [1.54, 1.807) is 0 Å². The molecule has 0 radical (unpaired) electrons. The van der Waals surface area contributed by atoms with Crippen LogP contribution in [0.25, 0.3) is 0 Å². The lowest BCUT2D eigenvalue weighted by molar-refractivity contribution is -0.384. The largest absolute Gasteiger partial charge is 0.390 e. The maximum atomic E-state index is 12.0. The molecule has 1 aromatic rings. The minimum absolute atomic E-state index is 0.173. The van der Waals surface area contributed by atoms with Gasteiger partial charge >= 0.3 is 6.18 Å². The third kappa shape index (κ3) is 5.45. The number of alkyl halides is 3. The Morgan fingerprint density at radius 2 is 1.79 bits per heavy atom. The number of non-ortho nitro benzene ring substituents is 1. The molecule has 1 aromatic carbocycles. The van der Waals surface area contributed by atoms with E-state index < -0.39 is 17.5 Å². The summed E-state index contributed by atoms with van der Waals surface area (Å²) in [4.78, 5) is 10.1. The number of anilines is 2. The Bertz CT molecular complexity index is 449. The Balaban J connectivity index is 2.78. The van der Waals surface area contributed by atoms with Gasteiger partial charge in [-0.2, -0.15) is 13.2 Å². The Hall–Kier alpha value is -1.99. The summed E-state index contributed by atoms with van der Waals surface area (Å²) in [6.45, 7) is 2.05. The summed E-state index contributed by atoms with van der Waals surface area (Å²) in [7, 11) is 0. The number of rotatable bonds is 6. The molecule has 8 heteroatoms. The molecule has 0 atom stereocenters. The van der Waals surface area contributed by atoms with E-state index in [2.05, 4.69) is 10.6 Å². The lowest BCUT2D eigenvalue weighted by atomic mass is 10.2. The fourth-order valence-corrected chi connectivity index (χ4v) is 1.47. The number of nitro benzene ring substituents is 1. The Morgan fingerprint density at radius 1 is 1.21 bits per heavy atom. The van der Waals surface area contributed by atoms with Crippen molar-refractivity contribution in [3.8, 4) is 0 Å². The van der Waals surface area contributed by atoms with Crippen molar-refractivity contribution >= 4 is 17.1 Å². The summed E-state index contributed by atoms with van der Waals surface area (Å²) >= 11 is 0. The fourth-order valence-electron chi connectivity index (χ4n) is 1.47. The lowest BCUT2D eigenvalue weighted by Crippen LogP contribution is -2.14. The molecule has 19 heavy (non-hydrogen) atoms. The molecule has 0 aliphatic carbocycles. The van der Waals surface area contributed by atoms with Crippen molar-refractivity contribution in [2.24, 2.45) is 0 Å². The molecular formula is C11H14F3N3O2. The van der Waals surface area contributed by atoms with Crippen LogP contribution < -0.4 is 10.6 Å². The maximum Gasteiger partial charge on any atom is 0.390 e. The summed E-state index contributed by atoms with van der Waals surface area (Å²) in [6.07, 6.45) is -5.25. The minimum Gasteiger partial charge on any atom is -0.385 e. The summed E-state index contributed by atoms with van der Waals surface area (Å²) in [5.74, 6) is 0. The molecule has 106 valence electrons. The highest BCUT2D eigenvalue weighted by Crippen LogP contribution is 2.25. The number of nitrogens with zero attached hydrogens (tertiary/aromatic N) is 1. The molecule has 0 amide bonds. The second-order valence-corrected chi connectivity index (χ2v) is 3.85. The smallest absolute Gasteiger partial charge is 0.385 e. The second-order valence-electron chi connectivity index (χ2n) is 3.85. The highest BCUT2D eigenvalue weighted by atomic mass is 19.4. The van der Waals surface area contributed by atoms with Gasteiger partial charge in [0.1, 0.15) is 0 Å². The molecule has 1 rings (SSSR count). The molecule has 0 bridgehead atoms. The van der Waals surface area contributed by atoms with E-state index in [1.807, 2.05) is 6.92 Å². The summed E-state index contributed by atoms with van der Waals surface area (Å²) in [5, 5.41) is 16.1. The van der Waals surface area contributed by atoms with E-state index in [-0.39, 0.29) is 17.9 Å². The first-order valence-electron chi connectivity index (χ1n) is 5.66. The Labute approximate surface area is 108 Å². The molecular weight excluding hydrogens is 263 g/mol. The first-order valence-corrected chi connectivity index (χ1v) is 5.66. The van der Waals surface area contributed by atoms with Crippen molar-refractivity contribution in [1.82, 2.24) is 0 Å². The zero-order chi connectivity index (χ0) is 14.5. The minimum atomic E-state index is -4.25. The van der Waals surface area contributed by atoms with Crippen molar-refractivity contribution in [2.75, 3.05) is 23.7 Å². The number of hydrogen-bond acceptors (Lipinski definition) is 4. The summed E-state index contributed by atoms with van der Waals surface area (Å²) in [5.41, 5.74) is 0.605. The number of benzene rings is 1. The van der Waals surface area contributed by atoms with Gasteiger partial charge in [0, 0.05) is 36.6 Å². The van der Waals surface area contributed by atoms with Crippen LogP contribution in [0.1, 0.15) is 13.3 Å². The van der Waals surface area contributed by atoms with Gasteiger partial charge in [-0.3, -0.25) is 10.1 Å². The molecule has 0 fully saturated rings. The van der Waals surface area contributed by atoms with Crippen LogP contribution in [-0.4, -0.2) is 24.2 Å². The van der Waals surface area contributed by atoms with Gasteiger partial charge in [0.05, 0.1) is 11.3 Å². The van der Waals surface area contributed by atoms with Gasteiger partial charge in [-0.05, 0) is 13.0 Å². The van der Waals surface area contributed by atoms with E-state index in [4.69, 9.17) is 0 Å². The van der Waals surface area contributed by atoms with Crippen LogP contribution in [0.3, 0.4) is 0 Å². The quantitative estimate of drug-likeness (QED) is 0.617. The standard InChI is InChI=1S/C11H14F3N3O2/c1-2-15-8-5-9(7-10(6-8)17(18)19)16-4-3-11(12,13)14/h5-7,15-16H,2-4H2,1H3. The Morgan fingerprint density at radius 3 is 2.26 bits per heavy atom. The van der Waals surface area contributed by atoms with E-state index >= 15 is 0 Å². The van der Waals surface area contributed by atoms with E-state index in [0.717, 1.165) is 0 Å². The van der Waals surface area contributed by atoms with Gasteiger partial charge in [-0.15, -0.1) is 0 Å². The van der Waals surface area contributed by atoms with Crippen LogP contribution in [-0.2, 0) is 0 Å². The molecule has 0 aliphatic heterocycles. The second kappa shape index (κ2) is 6.26. The first-order chi connectivity index (χ1) is 8.81. The third-order valence-corrected chi connectivity index (χ3v) is 2.25. The molecule has 0 unspecified atom stereocenters. The lowest BCUT2D eigenvalue weighted by Gasteiger charge is -2.11. The zero-order valence-corrected chi connectivity index (χ0v) is 10.3. The predicted octanol–water partition coefficient (Wildman–Crippen LogP) is 3.39. The molecule has 0 spiro atoms. The van der Waals surface area contributed by atoms with Crippen molar-refractivity contribution in [2.45, 2.75) is 19.5 Å². The number of hydrogen-bond donors (Lipinski definition) is 2. The van der Waals surface area contributed by atoms with Crippen molar-refractivity contribution < 1.29 is 18.1 Å². The fraction of sp³-hybridized carbons (Fsp3) is 0.455. The van der Waals surface area contributed by atoms with E-state index in [9.17, 15) is 23.3 Å². The highest BCUT2D eigenvalue weighted by Gasteiger charge is 2.26. The van der Waals surface area contributed by atoms with Crippen LogP contribution in [0, 0.1) is 10.1 Å².